The molecule has 1 aromatic carbocycles. The highest BCUT2D eigenvalue weighted by Gasteiger charge is 2.08. The fourth-order valence-corrected chi connectivity index (χ4v) is 3.17. The van der Waals surface area contributed by atoms with Gasteiger partial charge in [0.05, 0.1) is 24.9 Å². The molecular formula is C16H16N2O2S. The lowest BCUT2D eigenvalue weighted by atomic mass is 10.1. The smallest absolute Gasteiger partial charge is 0.262 e. The average Bonchev–Trinajstić information content (AvgIpc) is 2.95. The Balaban J connectivity index is 1.96. The molecule has 0 saturated carbocycles. The van der Waals surface area contributed by atoms with E-state index in [0.29, 0.717) is 11.9 Å². The first kappa shape index (κ1) is 14.0. The lowest BCUT2D eigenvalue weighted by molar-refractivity contribution is 0.282. The molecule has 0 fully saturated rings. The van der Waals surface area contributed by atoms with E-state index >= 15 is 0 Å². The second kappa shape index (κ2) is 5.79. The zero-order valence-corrected chi connectivity index (χ0v) is 12.6. The van der Waals surface area contributed by atoms with Crippen molar-refractivity contribution in [3.05, 3.63) is 63.0 Å². The monoisotopic (exact) mass is 300 g/mol. The van der Waals surface area contributed by atoms with Crippen LogP contribution in [-0.2, 0) is 19.6 Å². The van der Waals surface area contributed by atoms with Crippen molar-refractivity contribution in [3.63, 3.8) is 0 Å². The minimum atomic E-state index is 0.00202. The summed E-state index contributed by atoms with van der Waals surface area (Å²) in [5, 5.41) is 9.74. The third-order valence-corrected chi connectivity index (χ3v) is 4.66. The second-order valence-corrected chi connectivity index (χ2v) is 6.05. The fourth-order valence-electron chi connectivity index (χ4n) is 2.24. The molecule has 0 unspecified atom stereocenters. The largest absolute Gasteiger partial charge is 0.392 e. The second-order valence-electron chi connectivity index (χ2n) is 4.94. The lowest BCUT2D eigenvalue weighted by Crippen LogP contribution is -2.20. The molecule has 2 heterocycles. The van der Waals surface area contributed by atoms with Crippen LogP contribution in [0, 0.1) is 0 Å². The van der Waals surface area contributed by atoms with E-state index in [9.17, 15) is 4.79 Å². The number of aliphatic hydroxyl groups excluding tert-OH is 1. The first-order chi connectivity index (χ1) is 10.2. The Morgan fingerprint density at radius 2 is 1.95 bits per heavy atom. The van der Waals surface area contributed by atoms with E-state index in [1.807, 2.05) is 30.3 Å². The zero-order chi connectivity index (χ0) is 14.8. The van der Waals surface area contributed by atoms with Crippen LogP contribution in [0.15, 0.2) is 41.5 Å². The molecule has 0 spiro atoms. The molecule has 0 amide bonds. The number of fused-ring (bicyclic) bond motifs is 1. The van der Waals surface area contributed by atoms with Gasteiger partial charge < -0.3 is 5.11 Å². The van der Waals surface area contributed by atoms with Gasteiger partial charge in [0, 0.05) is 4.88 Å². The Hall–Kier alpha value is -1.98. The maximum absolute atomic E-state index is 12.5. The maximum atomic E-state index is 12.5. The highest BCUT2D eigenvalue weighted by atomic mass is 32.1. The van der Waals surface area contributed by atoms with E-state index in [0.717, 1.165) is 22.4 Å². The van der Waals surface area contributed by atoms with Gasteiger partial charge in [-0.05, 0) is 23.6 Å². The molecular weight excluding hydrogens is 284 g/mol. The highest BCUT2D eigenvalue weighted by Crippen LogP contribution is 2.21. The molecule has 0 bridgehead atoms. The van der Waals surface area contributed by atoms with Crippen molar-refractivity contribution in [1.82, 2.24) is 9.55 Å². The molecule has 1 N–H and O–H groups in total. The molecule has 0 aliphatic carbocycles. The molecule has 0 aliphatic rings. The zero-order valence-electron chi connectivity index (χ0n) is 11.7. The van der Waals surface area contributed by atoms with Gasteiger partial charge in [-0.3, -0.25) is 9.36 Å². The van der Waals surface area contributed by atoms with Gasteiger partial charge in [-0.2, -0.15) is 0 Å². The summed E-state index contributed by atoms with van der Waals surface area (Å²) in [5.74, 6) is 0. The molecule has 3 rings (SSSR count). The van der Waals surface area contributed by atoms with Crippen molar-refractivity contribution in [2.75, 3.05) is 0 Å². The molecule has 0 aliphatic heterocycles. The van der Waals surface area contributed by atoms with Crippen molar-refractivity contribution in [2.45, 2.75) is 26.5 Å². The summed E-state index contributed by atoms with van der Waals surface area (Å²) in [6.45, 7) is 2.60. The minimum Gasteiger partial charge on any atom is -0.392 e. The van der Waals surface area contributed by atoms with E-state index in [-0.39, 0.29) is 12.2 Å². The molecule has 3 aromatic rings. The van der Waals surface area contributed by atoms with E-state index in [4.69, 9.17) is 5.11 Å². The van der Waals surface area contributed by atoms with Gasteiger partial charge in [-0.25, -0.2) is 4.98 Å². The summed E-state index contributed by atoms with van der Waals surface area (Å²) < 4.78 is 1.63. The van der Waals surface area contributed by atoms with E-state index in [1.54, 1.807) is 22.2 Å². The van der Waals surface area contributed by atoms with Crippen LogP contribution in [0.25, 0.3) is 10.2 Å². The summed E-state index contributed by atoms with van der Waals surface area (Å²) in [5.41, 5.74) is 1.88. The molecule has 0 saturated heterocycles. The Kier molecular flexibility index (Phi) is 3.86. The number of hydrogen-bond acceptors (Lipinski definition) is 4. The number of hydrogen-bond donors (Lipinski definition) is 1. The Labute approximate surface area is 126 Å². The van der Waals surface area contributed by atoms with Crippen LogP contribution < -0.4 is 5.56 Å². The van der Waals surface area contributed by atoms with Gasteiger partial charge in [0.1, 0.15) is 4.83 Å². The predicted molar refractivity (Wildman–Crippen MR) is 84.7 cm³/mol. The van der Waals surface area contributed by atoms with Crippen molar-refractivity contribution in [3.8, 4) is 0 Å². The number of benzene rings is 1. The topological polar surface area (TPSA) is 55.1 Å². The quantitative estimate of drug-likeness (QED) is 0.805. The summed E-state index contributed by atoms with van der Waals surface area (Å²) in [6.07, 6.45) is 2.53. The van der Waals surface area contributed by atoms with Crippen molar-refractivity contribution >= 4 is 21.6 Å². The Morgan fingerprint density at radius 1 is 1.24 bits per heavy atom. The minimum absolute atomic E-state index is 0.00202. The average molecular weight is 300 g/mol. The molecule has 5 heteroatoms. The summed E-state index contributed by atoms with van der Waals surface area (Å²) in [4.78, 5) is 18.8. The Morgan fingerprint density at radius 3 is 2.62 bits per heavy atom. The SMILES string of the molecule is CCc1cc2c(=O)n(Cc3ccc(CO)cc3)cnc2s1. The van der Waals surface area contributed by atoms with Crippen LogP contribution in [0.4, 0.5) is 0 Å². The van der Waals surface area contributed by atoms with Crippen molar-refractivity contribution in [1.29, 1.82) is 0 Å². The summed E-state index contributed by atoms with van der Waals surface area (Å²) >= 11 is 1.58. The standard InChI is InChI=1S/C16H16N2O2S/c1-2-13-7-14-15(21-13)17-10-18(16(14)20)8-11-3-5-12(9-19)6-4-11/h3-7,10,19H,2,8-9H2,1H3. The van der Waals surface area contributed by atoms with Gasteiger partial charge in [0.15, 0.2) is 0 Å². The number of thiophene rings is 1. The van der Waals surface area contributed by atoms with E-state index < -0.39 is 0 Å². The first-order valence-electron chi connectivity index (χ1n) is 6.87. The van der Waals surface area contributed by atoms with Crippen LogP contribution in [-0.4, -0.2) is 14.7 Å². The van der Waals surface area contributed by atoms with E-state index in [2.05, 4.69) is 11.9 Å². The maximum Gasteiger partial charge on any atom is 0.262 e. The third kappa shape index (κ3) is 2.75. The number of nitrogens with zero attached hydrogens (tertiary/aromatic N) is 2. The van der Waals surface area contributed by atoms with E-state index in [1.165, 1.54) is 4.88 Å². The van der Waals surface area contributed by atoms with Crippen LogP contribution in [0.5, 0.6) is 0 Å². The van der Waals surface area contributed by atoms with Gasteiger partial charge in [0.2, 0.25) is 0 Å². The number of aliphatic hydroxyl groups is 1. The lowest BCUT2D eigenvalue weighted by Gasteiger charge is -2.06. The molecule has 0 radical (unpaired) electrons. The normalized spacial score (nSPS) is 11.1. The summed E-state index contributed by atoms with van der Waals surface area (Å²) in [6, 6.07) is 9.53. The fraction of sp³-hybridized carbons (Fsp3) is 0.250. The first-order valence-corrected chi connectivity index (χ1v) is 7.69. The van der Waals surface area contributed by atoms with Crippen molar-refractivity contribution < 1.29 is 5.11 Å². The third-order valence-electron chi connectivity index (χ3n) is 3.48. The van der Waals surface area contributed by atoms with Gasteiger partial charge in [-0.1, -0.05) is 31.2 Å². The molecule has 4 nitrogen and oxygen atoms in total. The van der Waals surface area contributed by atoms with Gasteiger partial charge in [0.25, 0.3) is 5.56 Å². The van der Waals surface area contributed by atoms with Gasteiger partial charge in [-0.15, -0.1) is 11.3 Å². The summed E-state index contributed by atoms with van der Waals surface area (Å²) in [7, 11) is 0. The highest BCUT2D eigenvalue weighted by molar-refractivity contribution is 7.18. The number of aromatic nitrogens is 2. The predicted octanol–water partition coefficient (Wildman–Crippen LogP) is 2.56. The molecule has 21 heavy (non-hydrogen) atoms. The molecule has 108 valence electrons. The van der Waals surface area contributed by atoms with Crippen LogP contribution in [0.2, 0.25) is 0 Å². The van der Waals surface area contributed by atoms with Crippen molar-refractivity contribution in [2.24, 2.45) is 0 Å². The molecule has 2 aromatic heterocycles. The van der Waals surface area contributed by atoms with Gasteiger partial charge >= 0.3 is 0 Å². The number of rotatable bonds is 4. The van der Waals surface area contributed by atoms with Crippen LogP contribution >= 0.6 is 11.3 Å². The van der Waals surface area contributed by atoms with Crippen LogP contribution in [0.3, 0.4) is 0 Å². The number of aryl methyl sites for hydroxylation is 1. The van der Waals surface area contributed by atoms with Crippen LogP contribution in [0.1, 0.15) is 22.9 Å². The Bertz CT molecular complexity index is 818. The molecule has 0 atom stereocenters.